The van der Waals surface area contributed by atoms with E-state index in [9.17, 15) is 19.8 Å². The quantitative estimate of drug-likeness (QED) is 0.280. The predicted octanol–water partition coefficient (Wildman–Crippen LogP) is 4.81. The van der Waals surface area contributed by atoms with Gasteiger partial charge >= 0.3 is 5.97 Å². The molecule has 2 aromatic carbocycles. The molecule has 0 aliphatic rings. The van der Waals surface area contributed by atoms with Gasteiger partial charge in [0, 0.05) is 48.2 Å². The molecule has 0 saturated heterocycles. The Morgan fingerprint density at radius 1 is 1.18 bits per heavy atom. The Kier molecular flexibility index (Phi) is 8.01. The second kappa shape index (κ2) is 10.8. The van der Waals surface area contributed by atoms with Gasteiger partial charge in [-0.3, -0.25) is 9.59 Å². The molecule has 180 valence electrons. The predicted molar refractivity (Wildman–Crippen MR) is 133 cm³/mol. The molecule has 0 atom stereocenters. The van der Waals surface area contributed by atoms with E-state index in [-0.39, 0.29) is 11.7 Å². The van der Waals surface area contributed by atoms with Gasteiger partial charge in [0.15, 0.2) is 0 Å². The summed E-state index contributed by atoms with van der Waals surface area (Å²) in [5.41, 5.74) is 2.30. The third-order valence-corrected chi connectivity index (χ3v) is 6.46. The lowest BCUT2D eigenvalue weighted by molar-refractivity contribution is -0.138. The average molecular weight is 484 g/mol. The minimum atomic E-state index is -0.951. The van der Waals surface area contributed by atoms with Gasteiger partial charge in [-0.15, -0.1) is 11.8 Å². The highest BCUT2D eigenvalue weighted by Crippen LogP contribution is 2.34. The Bertz CT molecular complexity index is 1170. The topological polar surface area (TPSA) is 114 Å². The second-order valence-electron chi connectivity index (χ2n) is 8.31. The molecular weight excluding hydrogens is 454 g/mol. The number of hydrogen-bond acceptors (Lipinski definition) is 6. The van der Waals surface area contributed by atoms with Gasteiger partial charge < -0.3 is 24.8 Å². The maximum absolute atomic E-state index is 13.0. The highest BCUT2D eigenvalue weighted by atomic mass is 32.2. The number of rotatable bonds is 10. The summed E-state index contributed by atoms with van der Waals surface area (Å²) >= 11 is 1.27. The van der Waals surface area contributed by atoms with Crippen molar-refractivity contribution < 1.29 is 24.5 Å². The number of phenolic OH excluding ortho intramolecular Hbond substituents is 1. The Morgan fingerprint density at radius 3 is 2.50 bits per heavy atom. The van der Waals surface area contributed by atoms with Crippen LogP contribution in [0.5, 0.6) is 5.75 Å². The first-order valence-electron chi connectivity index (χ1n) is 10.8. The summed E-state index contributed by atoms with van der Waals surface area (Å²) < 4.78 is 6.22. The van der Waals surface area contributed by atoms with Crippen LogP contribution in [0.1, 0.15) is 36.5 Å². The summed E-state index contributed by atoms with van der Waals surface area (Å²) in [5, 5.41) is 21.8. The number of aromatic nitrogens is 2. The number of anilines is 1. The maximum atomic E-state index is 13.0. The molecule has 0 bridgehead atoms. The number of carboxylic acids is 1. The number of hydrogen-bond donors (Lipinski definition) is 3. The SMILES string of the molecule is COCCCn1c(-c2ccc(SC(C)(C)C(=O)O)cc2)nc(C(=O)Nc2cccc(O)c2)c1C. The van der Waals surface area contributed by atoms with Crippen LogP contribution in [0.3, 0.4) is 0 Å². The number of carbonyl (C=O) groups excluding carboxylic acids is 1. The molecule has 0 fully saturated rings. The Morgan fingerprint density at radius 2 is 1.88 bits per heavy atom. The van der Waals surface area contributed by atoms with Crippen molar-refractivity contribution >= 4 is 29.3 Å². The molecular formula is C25H29N3O5S. The van der Waals surface area contributed by atoms with E-state index in [1.807, 2.05) is 35.8 Å². The second-order valence-corrected chi connectivity index (χ2v) is 10.0. The molecule has 3 rings (SSSR count). The minimum absolute atomic E-state index is 0.0596. The standard InChI is InChI=1S/C25H29N3O5S/c1-16-21(23(30)26-18-7-5-8-19(29)15-18)27-22(28(16)13-6-14-33-4)17-9-11-20(12-10-17)34-25(2,3)24(31)32/h5,7-12,15,29H,6,13-14H2,1-4H3,(H,26,30)(H,31,32). The van der Waals surface area contributed by atoms with Crippen LogP contribution in [0, 0.1) is 6.92 Å². The number of aliphatic carboxylic acids is 1. The lowest BCUT2D eigenvalue weighted by atomic mass is 10.2. The zero-order valence-corrected chi connectivity index (χ0v) is 20.5. The number of amides is 1. The highest BCUT2D eigenvalue weighted by Gasteiger charge is 2.28. The number of ether oxygens (including phenoxy) is 1. The van der Waals surface area contributed by atoms with E-state index in [1.165, 1.54) is 23.9 Å². The van der Waals surface area contributed by atoms with E-state index in [0.717, 1.165) is 16.9 Å². The number of phenols is 1. The third kappa shape index (κ3) is 5.98. The van der Waals surface area contributed by atoms with E-state index in [2.05, 4.69) is 10.3 Å². The van der Waals surface area contributed by atoms with E-state index in [4.69, 9.17) is 4.74 Å². The molecule has 34 heavy (non-hydrogen) atoms. The number of carbonyl (C=O) groups is 2. The smallest absolute Gasteiger partial charge is 0.319 e. The van der Waals surface area contributed by atoms with Crippen molar-refractivity contribution in [3.05, 3.63) is 59.9 Å². The number of imidazole rings is 1. The van der Waals surface area contributed by atoms with Crippen LogP contribution in [-0.2, 0) is 16.1 Å². The van der Waals surface area contributed by atoms with Gasteiger partial charge in [0.1, 0.15) is 22.0 Å². The summed E-state index contributed by atoms with van der Waals surface area (Å²) in [4.78, 5) is 29.9. The van der Waals surface area contributed by atoms with E-state index in [0.29, 0.717) is 36.1 Å². The summed E-state index contributed by atoms with van der Waals surface area (Å²) in [5.74, 6) is -0.549. The van der Waals surface area contributed by atoms with Gasteiger partial charge in [0.25, 0.3) is 5.91 Å². The molecule has 3 N–H and O–H groups in total. The Labute approximate surface area is 203 Å². The molecule has 0 aliphatic heterocycles. The number of nitrogens with zero attached hydrogens (tertiary/aromatic N) is 2. The molecule has 0 saturated carbocycles. The van der Waals surface area contributed by atoms with Crippen molar-refractivity contribution in [1.29, 1.82) is 0 Å². The van der Waals surface area contributed by atoms with Crippen molar-refractivity contribution in [3.63, 3.8) is 0 Å². The first-order chi connectivity index (χ1) is 16.1. The van der Waals surface area contributed by atoms with Crippen LogP contribution in [-0.4, -0.2) is 50.1 Å². The maximum Gasteiger partial charge on any atom is 0.319 e. The molecule has 1 amide bonds. The van der Waals surface area contributed by atoms with Crippen molar-refractivity contribution in [2.75, 3.05) is 19.0 Å². The molecule has 0 aliphatic carbocycles. The van der Waals surface area contributed by atoms with E-state index in [1.54, 1.807) is 33.1 Å². The third-order valence-electron chi connectivity index (χ3n) is 5.27. The first-order valence-corrected chi connectivity index (χ1v) is 11.6. The number of methoxy groups -OCH3 is 1. The van der Waals surface area contributed by atoms with Crippen LogP contribution in [0.4, 0.5) is 5.69 Å². The number of nitrogens with one attached hydrogen (secondary N) is 1. The molecule has 3 aromatic rings. The first kappa shape index (κ1) is 25.3. The zero-order valence-electron chi connectivity index (χ0n) is 19.7. The van der Waals surface area contributed by atoms with E-state index < -0.39 is 10.7 Å². The fourth-order valence-corrected chi connectivity index (χ4v) is 4.34. The van der Waals surface area contributed by atoms with Crippen LogP contribution < -0.4 is 5.32 Å². The largest absolute Gasteiger partial charge is 0.508 e. The summed E-state index contributed by atoms with van der Waals surface area (Å²) in [6.07, 6.45) is 0.745. The molecule has 0 unspecified atom stereocenters. The lowest BCUT2D eigenvalue weighted by Gasteiger charge is -2.18. The fourth-order valence-electron chi connectivity index (χ4n) is 3.39. The average Bonchev–Trinajstić information content (AvgIpc) is 3.10. The molecule has 1 heterocycles. The Hall–Kier alpha value is -3.30. The van der Waals surface area contributed by atoms with Gasteiger partial charge in [0.05, 0.1) is 0 Å². The van der Waals surface area contributed by atoms with Crippen LogP contribution in [0.25, 0.3) is 11.4 Å². The summed E-state index contributed by atoms with van der Waals surface area (Å²) in [7, 11) is 1.64. The van der Waals surface area contributed by atoms with Gasteiger partial charge in [-0.1, -0.05) is 18.2 Å². The fraction of sp³-hybridized carbons (Fsp3) is 0.320. The van der Waals surface area contributed by atoms with Crippen molar-refractivity contribution in [1.82, 2.24) is 9.55 Å². The Balaban J connectivity index is 1.92. The van der Waals surface area contributed by atoms with Crippen LogP contribution in [0.15, 0.2) is 53.4 Å². The molecule has 9 heteroatoms. The summed E-state index contributed by atoms with van der Waals surface area (Å²) in [6, 6.07) is 13.8. The van der Waals surface area contributed by atoms with Gasteiger partial charge in [-0.25, -0.2) is 4.98 Å². The van der Waals surface area contributed by atoms with Crippen molar-refractivity contribution in [2.45, 2.75) is 43.4 Å². The van der Waals surface area contributed by atoms with Crippen molar-refractivity contribution in [2.24, 2.45) is 0 Å². The zero-order chi connectivity index (χ0) is 24.9. The van der Waals surface area contributed by atoms with Crippen LogP contribution in [0.2, 0.25) is 0 Å². The molecule has 0 radical (unpaired) electrons. The monoisotopic (exact) mass is 483 g/mol. The number of thioether (sulfide) groups is 1. The number of carboxylic acid groups (broad SMARTS) is 1. The number of benzene rings is 2. The van der Waals surface area contributed by atoms with Crippen LogP contribution >= 0.6 is 11.8 Å². The minimum Gasteiger partial charge on any atom is -0.508 e. The molecule has 0 spiro atoms. The van der Waals surface area contributed by atoms with Crippen molar-refractivity contribution in [3.8, 4) is 17.1 Å². The molecule has 1 aromatic heterocycles. The molecule has 8 nitrogen and oxygen atoms in total. The van der Waals surface area contributed by atoms with Gasteiger partial charge in [-0.2, -0.15) is 0 Å². The number of aromatic hydroxyl groups is 1. The lowest BCUT2D eigenvalue weighted by Crippen LogP contribution is -2.26. The highest BCUT2D eigenvalue weighted by molar-refractivity contribution is 8.01. The normalized spacial score (nSPS) is 11.4. The van der Waals surface area contributed by atoms with Gasteiger partial charge in [-0.05, 0) is 51.5 Å². The summed E-state index contributed by atoms with van der Waals surface area (Å²) in [6.45, 7) is 6.36. The van der Waals surface area contributed by atoms with Gasteiger partial charge in [0.2, 0.25) is 0 Å². The van der Waals surface area contributed by atoms with E-state index >= 15 is 0 Å².